The van der Waals surface area contributed by atoms with Gasteiger partial charge in [-0.2, -0.15) is 0 Å². The Kier molecular flexibility index (Phi) is 7.02. The summed E-state index contributed by atoms with van der Waals surface area (Å²) in [7, 11) is 0. The first kappa shape index (κ1) is 16.1. The van der Waals surface area contributed by atoms with Gasteiger partial charge in [-0.15, -0.1) is 11.3 Å². The van der Waals surface area contributed by atoms with Gasteiger partial charge < -0.3 is 11.1 Å². The van der Waals surface area contributed by atoms with Crippen molar-refractivity contribution < 1.29 is 4.79 Å². The second kappa shape index (κ2) is 8.27. The predicted octanol–water partition coefficient (Wildman–Crippen LogP) is 3.25. The van der Waals surface area contributed by atoms with E-state index >= 15 is 0 Å². The molecule has 2 unspecified atom stereocenters. The van der Waals surface area contributed by atoms with E-state index in [4.69, 9.17) is 5.73 Å². The van der Waals surface area contributed by atoms with E-state index in [9.17, 15) is 4.79 Å². The number of nitrogens with one attached hydrogen (secondary N) is 1. The molecule has 0 fully saturated rings. The first-order chi connectivity index (χ1) is 9.04. The van der Waals surface area contributed by atoms with Crippen molar-refractivity contribution in [2.45, 2.75) is 65.0 Å². The topological polar surface area (TPSA) is 68.0 Å². The summed E-state index contributed by atoms with van der Waals surface area (Å²) in [5.74, 6) is -0.0915. The molecule has 108 valence electrons. The summed E-state index contributed by atoms with van der Waals surface area (Å²) >= 11 is 1.44. The van der Waals surface area contributed by atoms with Crippen LogP contribution in [0.1, 0.15) is 74.4 Å². The monoisotopic (exact) mass is 283 g/mol. The molecule has 0 aliphatic carbocycles. The lowest BCUT2D eigenvalue weighted by molar-refractivity contribution is 0.0933. The summed E-state index contributed by atoms with van der Waals surface area (Å²) in [5, 5.41) is 5.57. The SMILES string of the molecule is CCCCCCC(C)NC(=O)c1csc(C(C)N)n1. The Bertz CT molecular complexity index is 390. The molecule has 1 heterocycles. The fraction of sp³-hybridized carbons (Fsp3) is 0.714. The molecule has 1 aromatic heterocycles. The zero-order chi connectivity index (χ0) is 14.3. The Balaban J connectivity index is 2.36. The number of nitrogens with zero attached hydrogens (tertiary/aromatic N) is 1. The van der Waals surface area contributed by atoms with Crippen molar-refractivity contribution in [3.05, 3.63) is 16.1 Å². The number of unbranched alkanes of at least 4 members (excludes halogenated alkanes) is 3. The molecule has 19 heavy (non-hydrogen) atoms. The van der Waals surface area contributed by atoms with Crippen LogP contribution < -0.4 is 11.1 Å². The minimum absolute atomic E-state index is 0.0915. The molecule has 0 aromatic carbocycles. The number of hydrogen-bond donors (Lipinski definition) is 2. The van der Waals surface area contributed by atoms with Gasteiger partial charge in [0.1, 0.15) is 10.7 Å². The highest BCUT2D eigenvalue weighted by atomic mass is 32.1. The fourth-order valence-corrected chi connectivity index (χ4v) is 2.61. The van der Waals surface area contributed by atoms with E-state index in [-0.39, 0.29) is 18.0 Å². The molecule has 2 atom stereocenters. The maximum atomic E-state index is 12.0. The molecule has 0 saturated carbocycles. The number of amides is 1. The van der Waals surface area contributed by atoms with Crippen molar-refractivity contribution in [2.75, 3.05) is 0 Å². The van der Waals surface area contributed by atoms with Crippen LogP contribution in [0.4, 0.5) is 0 Å². The van der Waals surface area contributed by atoms with Gasteiger partial charge in [-0.05, 0) is 20.3 Å². The molecule has 0 bridgehead atoms. The zero-order valence-corrected chi connectivity index (χ0v) is 12.9. The highest BCUT2D eigenvalue weighted by Crippen LogP contribution is 2.16. The van der Waals surface area contributed by atoms with Crippen LogP contribution in [-0.4, -0.2) is 16.9 Å². The molecule has 4 nitrogen and oxygen atoms in total. The molecule has 0 radical (unpaired) electrons. The van der Waals surface area contributed by atoms with E-state index in [1.165, 1.54) is 30.6 Å². The van der Waals surface area contributed by atoms with E-state index in [1.54, 1.807) is 5.38 Å². The molecule has 0 aliphatic rings. The Morgan fingerprint density at radius 2 is 2.16 bits per heavy atom. The molecule has 3 N–H and O–H groups in total. The average Bonchev–Trinajstić information content (AvgIpc) is 2.84. The normalized spacial score (nSPS) is 14.1. The van der Waals surface area contributed by atoms with Crippen LogP contribution in [0.5, 0.6) is 0 Å². The molecule has 0 saturated heterocycles. The van der Waals surface area contributed by atoms with Crippen LogP contribution in [-0.2, 0) is 0 Å². The minimum Gasteiger partial charge on any atom is -0.348 e. The van der Waals surface area contributed by atoms with Gasteiger partial charge in [-0.1, -0.05) is 32.6 Å². The van der Waals surface area contributed by atoms with Crippen LogP contribution in [0.2, 0.25) is 0 Å². The van der Waals surface area contributed by atoms with Crippen LogP contribution in [0.25, 0.3) is 0 Å². The van der Waals surface area contributed by atoms with Crippen molar-refractivity contribution >= 4 is 17.2 Å². The average molecular weight is 283 g/mol. The quantitative estimate of drug-likeness (QED) is 0.720. The predicted molar refractivity (Wildman–Crippen MR) is 80.4 cm³/mol. The van der Waals surface area contributed by atoms with Gasteiger partial charge in [0.15, 0.2) is 0 Å². The second-order valence-electron chi connectivity index (χ2n) is 5.08. The van der Waals surface area contributed by atoms with Crippen LogP contribution in [0, 0.1) is 0 Å². The van der Waals surface area contributed by atoms with Gasteiger partial charge in [0, 0.05) is 11.4 Å². The van der Waals surface area contributed by atoms with Gasteiger partial charge in [-0.25, -0.2) is 4.98 Å². The fourth-order valence-electron chi connectivity index (χ4n) is 1.85. The number of rotatable bonds is 8. The van der Waals surface area contributed by atoms with Gasteiger partial charge in [0.2, 0.25) is 0 Å². The summed E-state index contributed by atoms with van der Waals surface area (Å²) in [6, 6.07) is 0.0859. The maximum absolute atomic E-state index is 12.0. The Labute approximate surface area is 119 Å². The van der Waals surface area contributed by atoms with Gasteiger partial charge in [-0.3, -0.25) is 4.79 Å². The minimum atomic E-state index is -0.113. The zero-order valence-electron chi connectivity index (χ0n) is 12.1. The Hall–Kier alpha value is -0.940. The van der Waals surface area contributed by atoms with E-state index < -0.39 is 0 Å². The van der Waals surface area contributed by atoms with E-state index in [0.717, 1.165) is 17.8 Å². The van der Waals surface area contributed by atoms with Crippen LogP contribution >= 0.6 is 11.3 Å². The third-order valence-electron chi connectivity index (χ3n) is 3.01. The highest BCUT2D eigenvalue weighted by molar-refractivity contribution is 7.09. The third-order valence-corrected chi connectivity index (χ3v) is 4.06. The summed E-state index contributed by atoms with van der Waals surface area (Å²) in [6.07, 6.45) is 5.93. The molecular formula is C14H25N3OS. The van der Waals surface area contributed by atoms with Crippen LogP contribution in [0.3, 0.4) is 0 Å². The van der Waals surface area contributed by atoms with Gasteiger partial charge >= 0.3 is 0 Å². The molecule has 5 heteroatoms. The van der Waals surface area contributed by atoms with Crippen molar-refractivity contribution in [1.82, 2.24) is 10.3 Å². The largest absolute Gasteiger partial charge is 0.348 e. The summed E-state index contributed by atoms with van der Waals surface area (Å²) in [6.45, 7) is 6.11. The lowest BCUT2D eigenvalue weighted by atomic mass is 10.1. The Morgan fingerprint density at radius 1 is 1.42 bits per heavy atom. The number of carbonyl (C=O) groups is 1. The lowest BCUT2D eigenvalue weighted by Gasteiger charge is -2.12. The van der Waals surface area contributed by atoms with E-state index in [2.05, 4.69) is 17.2 Å². The van der Waals surface area contributed by atoms with Crippen molar-refractivity contribution in [1.29, 1.82) is 0 Å². The van der Waals surface area contributed by atoms with Gasteiger partial charge in [0.25, 0.3) is 5.91 Å². The van der Waals surface area contributed by atoms with Crippen LogP contribution in [0.15, 0.2) is 5.38 Å². The number of thiazole rings is 1. The van der Waals surface area contributed by atoms with E-state index in [0.29, 0.717) is 5.69 Å². The number of nitrogens with two attached hydrogens (primary N) is 1. The summed E-state index contributed by atoms with van der Waals surface area (Å²) in [5.41, 5.74) is 6.22. The summed E-state index contributed by atoms with van der Waals surface area (Å²) in [4.78, 5) is 16.2. The summed E-state index contributed by atoms with van der Waals surface area (Å²) < 4.78 is 0. The molecule has 1 amide bonds. The third kappa shape index (κ3) is 5.70. The second-order valence-corrected chi connectivity index (χ2v) is 5.97. The smallest absolute Gasteiger partial charge is 0.270 e. The first-order valence-electron chi connectivity index (χ1n) is 7.06. The standard InChI is InChI=1S/C14H25N3OS/c1-4-5-6-7-8-10(2)16-13(18)12-9-19-14(17-12)11(3)15/h9-11H,4-8,15H2,1-3H3,(H,16,18). The lowest BCUT2D eigenvalue weighted by Crippen LogP contribution is -2.32. The van der Waals surface area contributed by atoms with Gasteiger partial charge in [0.05, 0.1) is 6.04 Å². The molecule has 1 rings (SSSR count). The molecule has 0 aliphatic heterocycles. The highest BCUT2D eigenvalue weighted by Gasteiger charge is 2.14. The Morgan fingerprint density at radius 3 is 2.74 bits per heavy atom. The molecular weight excluding hydrogens is 258 g/mol. The molecule has 1 aromatic rings. The number of aromatic nitrogens is 1. The van der Waals surface area contributed by atoms with Crippen molar-refractivity contribution in [3.63, 3.8) is 0 Å². The number of hydrogen-bond acceptors (Lipinski definition) is 4. The molecule has 0 spiro atoms. The first-order valence-corrected chi connectivity index (χ1v) is 7.94. The van der Waals surface area contributed by atoms with E-state index in [1.807, 2.05) is 13.8 Å². The van der Waals surface area contributed by atoms with Crippen molar-refractivity contribution in [3.8, 4) is 0 Å². The number of carbonyl (C=O) groups excluding carboxylic acids is 1. The maximum Gasteiger partial charge on any atom is 0.270 e. The van der Waals surface area contributed by atoms with Crippen molar-refractivity contribution in [2.24, 2.45) is 5.73 Å².